The summed E-state index contributed by atoms with van der Waals surface area (Å²) < 4.78 is 43.9. The molecule has 1 saturated heterocycles. The normalized spacial score (nSPS) is 14.0. The molecule has 0 aliphatic carbocycles. The van der Waals surface area contributed by atoms with E-state index >= 15 is 0 Å². The van der Waals surface area contributed by atoms with Crippen molar-refractivity contribution in [3.8, 4) is 5.75 Å². The van der Waals surface area contributed by atoms with Gasteiger partial charge in [-0.25, -0.2) is 13.2 Å². The van der Waals surface area contributed by atoms with Crippen LogP contribution in [0.2, 0.25) is 0 Å². The number of hydrogen-bond donors (Lipinski definition) is 3. The lowest BCUT2D eigenvalue weighted by Gasteiger charge is -2.30. The molecular weight excluding hydrogens is 630 g/mol. The Bertz CT molecular complexity index is 1500. The van der Waals surface area contributed by atoms with E-state index < -0.39 is 63.2 Å². The van der Waals surface area contributed by atoms with Crippen LogP contribution in [0.3, 0.4) is 0 Å². The standard InChI is InChI=1S/C31H42N4O9S.CH5N/c1-21(2)23-8-6-22(7-9-23)12-13-35(19-27(37)34-14-16-42-17-15-34)45(40,41)26-18-24(10-11-25(26)36)28(32)33-30(39)44-20-43-29(38)31(3,4)5;1-2/h6-11,18,21,36H,12-17,19-20H2,1-5H3,(H2,32,33,39);2H2,1H3. The quantitative estimate of drug-likeness (QED) is 0.136. The highest BCUT2D eigenvalue weighted by molar-refractivity contribution is 7.89. The number of ether oxygens (including phenoxy) is 3. The van der Waals surface area contributed by atoms with Gasteiger partial charge < -0.3 is 35.7 Å². The highest BCUT2D eigenvalue weighted by Crippen LogP contribution is 2.28. The summed E-state index contributed by atoms with van der Waals surface area (Å²) in [4.78, 5) is 41.8. The van der Waals surface area contributed by atoms with Crippen molar-refractivity contribution < 1.29 is 42.1 Å². The first kappa shape index (κ1) is 39.1. The molecule has 1 fully saturated rings. The number of sulfonamides is 1. The van der Waals surface area contributed by atoms with Gasteiger partial charge in [0.15, 0.2) is 0 Å². The largest absolute Gasteiger partial charge is 0.507 e. The summed E-state index contributed by atoms with van der Waals surface area (Å²) in [6.07, 6.45) is -0.864. The summed E-state index contributed by atoms with van der Waals surface area (Å²) in [6, 6.07) is 11.3. The number of benzene rings is 2. The predicted molar refractivity (Wildman–Crippen MR) is 176 cm³/mol. The molecule has 0 aromatic heterocycles. The van der Waals surface area contributed by atoms with Crippen LogP contribution in [0, 0.1) is 5.41 Å². The fourth-order valence-corrected chi connectivity index (χ4v) is 5.73. The molecule has 0 radical (unpaired) electrons. The van der Waals surface area contributed by atoms with Gasteiger partial charge >= 0.3 is 12.1 Å². The maximum Gasteiger partial charge on any atom is 0.438 e. The number of carbonyl (C=O) groups is 3. The second-order valence-corrected chi connectivity index (χ2v) is 13.8. The minimum absolute atomic E-state index is 0.00117. The second-order valence-electron chi connectivity index (χ2n) is 11.9. The molecule has 47 heavy (non-hydrogen) atoms. The molecule has 260 valence electrons. The van der Waals surface area contributed by atoms with E-state index in [1.54, 1.807) is 20.8 Å². The van der Waals surface area contributed by atoms with E-state index in [0.717, 1.165) is 27.6 Å². The first-order chi connectivity index (χ1) is 22.1. The number of phenolic OH excluding ortho intramolecular Hbond substituents is 1. The van der Waals surface area contributed by atoms with Crippen LogP contribution >= 0.6 is 0 Å². The van der Waals surface area contributed by atoms with E-state index in [9.17, 15) is 27.9 Å². The molecule has 1 heterocycles. The summed E-state index contributed by atoms with van der Waals surface area (Å²) >= 11 is 0. The van der Waals surface area contributed by atoms with Gasteiger partial charge in [-0.3, -0.25) is 9.59 Å². The summed E-state index contributed by atoms with van der Waals surface area (Å²) in [5.74, 6) is -1.64. The van der Waals surface area contributed by atoms with Crippen LogP contribution in [0.5, 0.6) is 5.75 Å². The van der Waals surface area contributed by atoms with Crippen LogP contribution < -0.4 is 11.5 Å². The Hall–Kier alpha value is -4.05. The van der Waals surface area contributed by atoms with Gasteiger partial charge in [0.05, 0.1) is 25.2 Å². The van der Waals surface area contributed by atoms with Crippen molar-refractivity contribution in [1.29, 1.82) is 0 Å². The van der Waals surface area contributed by atoms with Crippen molar-refractivity contribution in [2.75, 3.05) is 53.2 Å². The van der Waals surface area contributed by atoms with E-state index in [4.69, 9.17) is 19.9 Å². The maximum atomic E-state index is 14.0. The van der Waals surface area contributed by atoms with Crippen LogP contribution in [0.4, 0.5) is 4.79 Å². The Balaban J connectivity index is 0.00000376. The van der Waals surface area contributed by atoms with Crippen LogP contribution in [-0.4, -0.2) is 99.8 Å². The van der Waals surface area contributed by atoms with Gasteiger partial charge in [0.2, 0.25) is 22.7 Å². The zero-order chi connectivity index (χ0) is 35.4. The van der Waals surface area contributed by atoms with Crippen LogP contribution in [0.1, 0.15) is 57.2 Å². The number of amides is 2. The van der Waals surface area contributed by atoms with E-state index in [1.165, 1.54) is 18.0 Å². The lowest BCUT2D eigenvalue weighted by molar-refractivity contribution is -0.161. The number of nitrogens with zero attached hydrogens (tertiary/aromatic N) is 3. The highest BCUT2D eigenvalue weighted by atomic mass is 32.2. The van der Waals surface area contributed by atoms with Gasteiger partial charge in [-0.1, -0.05) is 38.1 Å². The average molecular weight is 678 g/mol. The molecule has 1 aliphatic heterocycles. The number of hydrogen-bond acceptors (Lipinski definition) is 10. The minimum Gasteiger partial charge on any atom is -0.507 e. The highest BCUT2D eigenvalue weighted by Gasteiger charge is 2.31. The number of rotatable bonds is 11. The summed E-state index contributed by atoms with van der Waals surface area (Å²) in [6.45, 7) is 9.23. The number of morpholine rings is 1. The van der Waals surface area contributed by atoms with E-state index in [0.29, 0.717) is 38.6 Å². The Labute approximate surface area is 276 Å². The molecule has 1 aliphatic rings. The molecule has 15 heteroatoms. The molecule has 0 saturated carbocycles. The van der Waals surface area contributed by atoms with E-state index in [-0.39, 0.29) is 12.1 Å². The molecule has 2 aromatic carbocycles. The third-order valence-electron chi connectivity index (χ3n) is 7.04. The molecule has 0 atom stereocenters. The van der Waals surface area contributed by atoms with Gasteiger partial charge in [-0.15, -0.1) is 0 Å². The fourth-order valence-electron chi connectivity index (χ4n) is 4.24. The molecular formula is C32H47N5O9S. The fraction of sp³-hybridized carbons (Fsp3) is 0.500. The van der Waals surface area contributed by atoms with Gasteiger partial charge in [0.1, 0.15) is 16.5 Å². The third kappa shape index (κ3) is 11.6. The van der Waals surface area contributed by atoms with Gasteiger partial charge in [0.25, 0.3) is 0 Å². The maximum absolute atomic E-state index is 14.0. The van der Waals surface area contributed by atoms with E-state index in [2.05, 4.69) is 24.6 Å². The topological polar surface area (TPSA) is 204 Å². The third-order valence-corrected chi connectivity index (χ3v) is 8.92. The summed E-state index contributed by atoms with van der Waals surface area (Å²) in [5, 5.41) is 10.6. The number of nitrogens with two attached hydrogens (primary N) is 2. The summed E-state index contributed by atoms with van der Waals surface area (Å²) in [5.41, 5.74) is 11.7. The first-order valence-electron chi connectivity index (χ1n) is 15.1. The second kappa shape index (κ2) is 17.8. The van der Waals surface area contributed by atoms with Crippen molar-refractivity contribution in [2.45, 2.75) is 51.9 Å². The summed E-state index contributed by atoms with van der Waals surface area (Å²) in [7, 11) is -2.96. The molecule has 3 rings (SSSR count). The molecule has 14 nitrogen and oxygen atoms in total. The van der Waals surface area contributed by atoms with Crippen LogP contribution in [-0.2, 0) is 40.2 Å². The molecule has 0 unspecified atom stereocenters. The van der Waals surface area contributed by atoms with Crippen molar-refractivity contribution >= 4 is 33.8 Å². The minimum atomic E-state index is -4.46. The van der Waals surface area contributed by atoms with Crippen LogP contribution in [0.15, 0.2) is 52.4 Å². The van der Waals surface area contributed by atoms with E-state index in [1.807, 2.05) is 24.3 Å². The number of aliphatic imine (C=N–C) groups is 1. The molecule has 5 N–H and O–H groups in total. The average Bonchev–Trinajstić information content (AvgIpc) is 3.03. The number of esters is 1. The number of phenols is 1. The predicted octanol–water partition coefficient (Wildman–Crippen LogP) is 2.57. The molecule has 0 spiro atoms. The zero-order valence-corrected chi connectivity index (χ0v) is 28.7. The molecule has 0 bridgehead atoms. The van der Waals surface area contributed by atoms with Gasteiger partial charge in [0, 0.05) is 25.2 Å². The zero-order valence-electron chi connectivity index (χ0n) is 27.9. The lowest BCUT2D eigenvalue weighted by atomic mass is 9.98. The first-order valence-corrected chi connectivity index (χ1v) is 16.6. The number of aromatic hydroxyl groups is 1. The van der Waals surface area contributed by atoms with Crippen molar-refractivity contribution in [3.63, 3.8) is 0 Å². The molecule has 2 aromatic rings. The Morgan fingerprint density at radius 2 is 1.66 bits per heavy atom. The Kier molecular flexibility index (Phi) is 14.8. The smallest absolute Gasteiger partial charge is 0.438 e. The van der Waals surface area contributed by atoms with Gasteiger partial charge in [-0.2, -0.15) is 9.30 Å². The monoisotopic (exact) mass is 677 g/mol. The van der Waals surface area contributed by atoms with Crippen molar-refractivity contribution in [3.05, 3.63) is 59.2 Å². The van der Waals surface area contributed by atoms with Crippen LogP contribution in [0.25, 0.3) is 0 Å². The van der Waals surface area contributed by atoms with Crippen molar-refractivity contribution in [2.24, 2.45) is 21.9 Å². The number of carbonyl (C=O) groups excluding carboxylic acids is 3. The van der Waals surface area contributed by atoms with Crippen molar-refractivity contribution in [1.82, 2.24) is 9.21 Å². The molecule has 2 amide bonds. The Morgan fingerprint density at radius 3 is 2.23 bits per heavy atom. The SMILES string of the molecule is CC(C)c1ccc(CCN(CC(=O)N2CCOCC2)S(=O)(=O)c2cc(C(N)=NC(=O)OCOC(=O)C(C)(C)C)ccc2O)cc1.CN. The number of amidine groups is 1. The lowest BCUT2D eigenvalue weighted by Crippen LogP contribution is -2.47. The Morgan fingerprint density at radius 1 is 1.04 bits per heavy atom. The van der Waals surface area contributed by atoms with Gasteiger partial charge in [-0.05, 0) is 69.5 Å².